The topological polar surface area (TPSA) is 81.7 Å². The molecule has 0 saturated carbocycles. The zero-order chi connectivity index (χ0) is 20.8. The van der Waals surface area contributed by atoms with Crippen LogP contribution in [0.25, 0.3) is 0 Å². The lowest BCUT2D eigenvalue weighted by molar-refractivity contribution is -0.155. The van der Waals surface area contributed by atoms with Crippen molar-refractivity contribution in [3.8, 4) is 5.75 Å². The number of hydrogen-bond donors (Lipinski definition) is 1. The van der Waals surface area contributed by atoms with Crippen molar-refractivity contribution >= 4 is 34.9 Å². The normalized spacial score (nSPS) is 11.5. The third-order valence-corrected chi connectivity index (χ3v) is 4.21. The van der Waals surface area contributed by atoms with Gasteiger partial charge in [-0.2, -0.15) is 0 Å². The van der Waals surface area contributed by atoms with Crippen LogP contribution in [-0.2, 0) is 14.3 Å². The number of amides is 1. The summed E-state index contributed by atoms with van der Waals surface area (Å²) in [4.78, 5) is 35.4. The van der Waals surface area contributed by atoms with E-state index in [-0.39, 0.29) is 12.4 Å². The Labute approximate surface area is 168 Å². The zero-order valence-corrected chi connectivity index (χ0v) is 16.9. The van der Waals surface area contributed by atoms with Crippen LogP contribution in [0.3, 0.4) is 0 Å². The number of anilines is 1. The molecule has 0 aliphatic carbocycles. The fourth-order valence-corrected chi connectivity index (χ4v) is 2.90. The Bertz CT molecular complexity index is 869. The number of carbonyl (C=O) groups is 3. The van der Waals surface area contributed by atoms with Crippen LogP contribution in [0.1, 0.15) is 35.3 Å². The van der Waals surface area contributed by atoms with Gasteiger partial charge in [-0.05, 0) is 75.2 Å². The van der Waals surface area contributed by atoms with Gasteiger partial charge in [0.05, 0.1) is 0 Å². The van der Waals surface area contributed by atoms with Gasteiger partial charge in [-0.1, -0.05) is 11.6 Å². The average Bonchev–Trinajstić information content (AvgIpc) is 2.61. The second-order valence-electron chi connectivity index (χ2n) is 6.41. The maximum absolute atomic E-state index is 12.2. The van der Waals surface area contributed by atoms with Crippen LogP contribution in [0.4, 0.5) is 5.69 Å². The Morgan fingerprint density at radius 3 is 2.18 bits per heavy atom. The van der Waals surface area contributed by atoms with Crippen molar-refractivity contribution < 1.29 is 23.9 Å². The monoisotopic (exact) mass is 403 g/mol. The molecule has 6 nitrogen and oxygen atoms in total. The first-order valence-electron chi connectivity index (χ1n) is 8.68. The molecule has 0 fully saturated rings. The van der Waals surface area contributed by atoms with E-state index in [0.717, 1.165) is 11.1 Å². The quantitative estimate of drug-likeness (QED) is 0.555. The molecule has 7 heteroatoms. The third-order valence-electron chi connectivity index (χ3n) is 4.00. The lowest BCUT2D eigenvalue weighted by Gasteiger charge is -2.15. The van der Waals surface area contributed by atoms with Crippen molar-refractivity contribution in [2.24, 2.45) is 0 Å². The van der Waals surface area contributed by atoms with Crippen molar-refractivity contribution in [1.82, 2.24) is 0 Å². The number of carbonyl (C=O) groups excluding carboxylic acids is 3. The molecule has 1 amide bonds. The maximum atomic E-state index is 12.2. The van der Waals surface area contributed by atoms with Gasteiger partial charge in [0.1, 0.15) is 5.75 Å². The molecular weight excluding hydrogens is 382 g/mol. The molecule has 0 unspecified atom stereocenters. The molecule has 0 aliphatic rings. The van der Waals surface area contributed by atoms with E-state index in [1.807, 2.05) is 13.8 Å². The number of rotatable bonds is 7. The van der Waals surface area contributed by atoms with E-state index in [1.54, 1.807) is 36.4 Å². The molecule has 0 radical (unpaired) electrons. The molecule has 1 N–H and O–H groups in total. The maximum Gasteiger partial charge on any atom is 0.344 e. The lowest BCUT2D eigenvalue weighted by atomic mass is 10.1. The molecule has 0 aliphatic heterocycles. The highest BCUT2D eigenvalue weighted by molar-refractivity contribution is 6.30. The van der Waals surface area contributed by atoms with E-state index in [1.165, 1.54) is 13.8 Å². The van der Waals surface area contributed by atoms with Gasteiger partial charge in [-0.15, -0.1) is 0 Å². The molecular formula is C21H22ClNO5. The van der Waals surface area contributed by atoms with Crippen molar-refractivity contribution in [2.75, 3.05) is 11.9 Å². The molecule has 0 aromatic heterocycles. The number of benzene rings is 2. The van der Waals surface area contributed by atoms with Gasteiger partial charge in [0.2, 0.25) is 0 Å². The predicted molar refractivity (Wildman–Crippen MR) is 107 cm³/mol. The Kier molecular flexibility index (Phi) is 7.18. The number of Topliss-reactive ketones (excluding diaryl/α,β-unsaturated/α-hetero) is 1. The van der Waals surface area contributed by atoms with Gasteiger partial charge in [-0.3, -0.25) is 9.59 Å². The van der Waals surface area contributed by atoms with E-state index >= 15 is 0 Å². The molecule has 0 saturated heterocycles. The van der Waals surface area contributed by atoms with Crippen LogP contribution >= 0.6 is 11.6 Å². The van der Waals surface area contributed by atoms with Gasteiger partial charge in [0.25, 0.3) is 5.91 Å². The van der Waals surface area contributed by atoms with Crippen LogP contribution in [0.15, 0.2) is 36.4 Å². The summed E-state index contributed by atoms with van der Waals surface area (Å²) in [5.41, 5.74) is 2.65. The molecule has 0 bridgehead atoms. The summed E-state index contributed by atoms with van der Waals surface area (Å²) in [6.07, 6.45) is -1.00. The standard InChI is InChI=1S/C21H22ClNO5/c1-12-9-17(22)10-13(2)20(12)27-11-19(25)28-15(4)21(26)23-18-7-5-16(6-8-18)14(3)24/h5-10,15H,11H2,1-4H3,(H,23,26)/t15-/m1/s1. The SMILES string of the molecule is CC(=O)c1ccc(NC(=O)[C@@H](C)OC(=O)COc2c(C)cc(Cl)cc2C)cc1. The number of nitrogens with one attached hydrogen (secondary N) is 1. The van der Waals surface area contributed by atoms with Crippen LogP contribution in [0.2, 0.25) is 5.02 Å². The Balaban J connectivity index is 1.87. The summed E-state index contributed by atoms with van der Waals surface area (Å²) in [6.45, 7) is 6.26. The van der Waals surface area contributed by atoms with E-state index in [9.17, 15) is 14.4 Å². The highest BCUT2D eigenvalue weighted by Gasteiger charge is 2.19. The molecule has 0 heterocycles. The van der Waals surface area contributed by atoms with Crippen LogP contribution in [0, 0.1) is 13.8 Å². The van der Waals surface area contributed by atoms with Gasteiger partial charge >= 0.3 is 5.97 Å². The summed E-state index contributed by atoms with van der Waals surface area (Å²) < 4.78 is 10.6. The smallest absolute Gasteiger partial charge is 0.344 e. The first-order valence-corrected chi connectivity index (χ1v) is 9.06. The van der Waals surface area contributed by atoms with Crippen molar-refractivity contribution in [3.63, 3.8) is 0 Å². The summed E-state index contributed by atoms with van der Waals surface area (Å²) in [5, 5.41) is 3.22. The van der Waals surface area contributed by atoms with Gasteiger partial charge in [0.15, 0.2) is 18.5 Å². The largest absolute Gasteiger partial charge is 0.481 e. The Morgan fingerprint density at radius 1 is 1.07 bits per heavy atom. The number of aryl methyl sites for hydroxylation is 2. The number of halogens is 1. The molecule has 148 valence electrons. The fraction of sp³-hybridized carbons (Fsp3) is 0.286. The molecule has 2 rings (SSSR count). The number of ketones is 1. The Morgan fingerprint density at radius 2 is 1.64 bits per heavy atom. The molecule has 2 aromatic rings. The Hall–Kier alpha value is -2.86. The van der Waals surface area contributed by atoms with Crippen LogP contribution < -0.4 is 10.1 Å². The number of esters is 1. The summed E-state index contributed by atoms with van der Waals surface area (Å²) in [7, 11) is 0. The first-order chi connectivity index (χ1) is 13.2. The predicted octanol–water partition coefficient (Wildman–Crippen LogP) is 4.11. The van der Waals surface area contributed by atoms with Crippen molar-refractivity contribution in [3.05, 3.63) is 58.1 Å². The van der Waals surface area contributed by atoms with E-state index < -0.39 is 18.0 Å². The van der Waals surface area contributed by atoms with Crippen LogP contribution in [0.5, 0.6) is 5.75 Å². The number of ether oxygens (including phenoxy) is 2. The molecule has 2 aromatic carbocycles. The van der Waals surface area contributed by atoms with E-state index in [2.05, 4.69) is 5.32 Å². The second-order valence-corrected chi connectivity index (χ2v) is 6.85. The van der Waals surface area contributed by atoms with E-state index in [0.29, 0.717) is 22.0 Å². The summed E-state index contributed by atoms with van der Waals surface area (Å²) in [5.74, 6) is -0.651. The summed E-state index contributed by atoms with van der Waals surface area (Å²) in [6, 6.07) is 9.92. The fourth-order valence-electron chi connectivity index (χ4n) is 2.57. The second kappa shape index (κ2) is 9.37. The lowest BCUT2D eigenvalue weighted by Crippen LogP contribution is -2.31. The average molecular weight is 404 g/mol. The highest BCUT2D eigenvalue weighted by atomic mass is 35.5. The third kappa shape index (κ3) is 5.82. The van der Waals surface area contributed by atoms with Crippen molar-refractivity contribution in [1.29, 1.82) is 0 Å². The first kappa shape index (κ1) is 21.4. The van der Waals surface area contributed by atoms with Gasteiger partial charge < -0.3 is 14.8 Å². The number of hydrogen-bond acceptors (Lipinski definition) is 5. The van der Waals surface area contributed by atoms with E-state index in [4.69, 9.17) is 21.1 Å². The molecule has 1 atom stereocenters. The highest BCUT2D eigenvalue weighted by Crippen LogP contribution is 2.27. The zero-order valence-electron chi connectivity index (χ0n) is 16.2. The minimum Gasteiger partial charge on any atom is -0.481 e. The molecule has 0 spiro atoms. The minimum absolute atomic E-state index is 0.0636. The summed E-state index contributed by atoms with van der Waals surface area (Å²) >= 11 is 5.97. The molecule has 28 heavy (non-hydrogen) atoms. The van der Waals surface area contributed by atoms with Crippen LogP contribution in [-0.4, -0.2) is 30.4 Å². The minimum atomic E-state index is -1.00. The van der Waals surface area contributed by atoms with Crippen molar-refractivity contribution in [2.45, 2.75) is 33.8 Å². The van der Waals surface area contributed by atoms with Gasteiger partial charge in [-0.25, -0.2) is 4.79 Å². The van der Waals surface area contributed by atoms with Gasteiger partial charge in [0, 0.05) is 16.3 Å².